The van der Waals surface area contributed by atoms with Gasteiger partial charge in [0.1, 0.15) is 16.7 Å². The first kappa shape index (κ1) is 22.5. The van der Waals surface area contributed by atoms with Gasteiger partial charge in [-0.3, -0.25) is 9.69 Å². The van der Waals surface area contributed by atoms with Gasteiger partial charge < -0.3 is 9.84 Å². The summed E-state index contributed by atoms with van der Waals surface area (Å²) in [6.45, 7) is 2.80. The molecule has 1 aliphatic rings. The number of carboxylic acid groups (broad SMARTS) is 1. The number of thiocarbonyl (C=S) groups is 1. The van der Waals surface area contributed by atoms with Crippen molar-refractivity contribution in [2.24, 2.45) is 0 Å². The lowest BCUT2D eigenvalue weighted by Crippen LogP contribution is -2.27. The van der Waals surface area contributed by atoms with Crippen molar-refractivity contribution in [1.82, 2.24) is 4.90 Å². The zero-order valence-corrected chi connectivity index (χ0v) is 21.1. The van der Waals surface area contributed by atoms with E-state index in [9.17, 15) is 9.59 Å². The lowest BCUT2D eigenvalue weighted by molar-refractivity contribution is -0.121. The van der Waals surface area contributed by atoms with Crippen molar-refractivity contribution in [1.29, 1.82) is 0 Å². The molecule has 0 saturated carbocycles. The van der Waals surface area contributed by atoms with Crippen LogP contribution < -0.4 is 4.74 Å². The van der Waals surface area contributed by atoms with E-state index in [1.165, 1.54) is 11.8 Å². The van der Waals surface area contributed by atoms with Crippen molar-refractivity contribution in [3.8, 4) is 5.75 Å². The van der Waals surface area contributed by atoms with Crippen LogP contribution in [0.15, 0.2) is 41.3 Å². The number of carbonyl (C=O) groups excluding carboxylic acids is 1. The summed E-state index contributed by atoms with van der Waals surface area (Å²) in [5.74, 6) is -0.252. The van der Waals surface area contributed by atoms with Crippen molar-refractivity contribution in [3.05, 3.63) is 65.1 Å². The molecule has 0 spiro atoms. The van der Waals surface area contributed by atoms with E-state index < -0.39 is 5.97 Å². The number of hydrogen-bond acceptors (Lipinski definition) is 5. The Bertz CT molecular complexity index is 999. The van der Waals surface area contributed by atoms with E-state index in [-0.39, 0.29) is 11.5 Å². The van der Waals surface area contributed by atoms with Crippen molar-refractivity contribution < 1.29 is 19.4 Å². The molecule has 0 bridgehead atoms. The number of benzene rings is 2. The first-order valence-corrected chi connectivity index (χ1v) is 11.9. The monoisotopic (exact) mass is 651 g/mol. The SMILES string of the molecule is CCN1C(=O)/C(=C/c2cc(I)c(OCc3ccc(C(=O)O)cc3)c(I)c2)SC1=S. The summed E-state index contributed by atoms with van der Waals surface area (Å²) < 4.78 is 8.40. The lowest BCUT2D eigenvalue weighted by atomic mass is 10.1. The molecule has 0 atom stereocenters. The van der Waals surface area contributed by atoms with Crippen molar-refractivity contribution in [2.45, 2.75) is 13.5 Å². The van der Waals surface area contributed by atoms with Gasteiger partial charge >= 0.3 is 5.97 Å². The van der Waals surface area contributed by atoms with Crippen LogP contribution in [0.1, 0.15) is 28.4 Å². The number of rotatable bonds is 6. The second-order valence-electron chi connectivity index (χ2n) is 6.03. The number of carbonyl (C=O) groups is 2. The second-order valence-corrected chi connectivity index (χ2v) is 10.0. The molecule has 0 aliphatic carbocycles. The molecule has 1 heterocycles. The molecule has 0 aromatic heterocycles. The Hall–Kier alpha value is -1.18. The maximum absolute atomic E-state index is 12.4. The molecule has 0 radical (unpaired) electrons. The van der Waals surface area contributed by atoms with Crippen molar-refractivity contribution in [3.63, 3.8) is 0 Å². The number of nitrogens with zero attached hydrogens (tertiary/aromatic N) is 1. The third-order valence-corrected chi connectivity index (χ3v) is 7.07. The molecule has 5 nitrogen and oxygen atoms in total. The van der Waals surface area contributed by atoms with Gasteiger partial charge in [-0.15, -0.1) is 0 Å². The lowest BCUT2D eigenvalue weighted by Gasteiger charge is -2.12. The predicted octanol–water partition coefficient (Wildman–Crippen LogP) is 5.39. The molecule has 1 fully saturated rings. The van der Waals surface area contributed by atoms with Crippen LogP contribution in [0.5, 0.6) is 5.75 Å². The Labute approximate surface area is 205 Å². The highest BCUT2D eigenvalue weighted by Crippen LogP contribution is 2.35. The average Bonchev–Trinajstić information content (AvgIpc) is 2.94. The number of halogens is 2. The number of thioether (sulfide) groups is 1. The van der Waals surface area contributed by atoms with Gasteiger partial charge in [0.05, 0.1) is 17.6 Å². The molecular weight excluding hydrogens is 636 g/mol. The third kappa shape index (κ3) is 5.30. The Balaban J connectivity index is 1.76. The van der Waals surface area contributed by atoms with Gasteiger partial charge in [0.25, 0.3) is 5.91 Å². The summed E-state index contributed by atoms with van der Waals surface area (Å²) >= 11 is 11.0. The summed E-state index contributed by atoms with van der Waals surface area (Å²) in [5.41, 5.74) is 2.04. The largest absolute Gasteiger partial charge is 0.487 e. The van der Waals surface area contributed by atoms with Crippen LogP contribution in [0, 0.1) is 7.14 Å². The molecule has 0 unspecified atom stereocenters. The molecule has 29 heavy (non-hydrogen) atoms. The number of hydrogen-bond donors (Lipinski definition) is 1. The highest BCUT2D eigenvalue weighted by atomic mass is 127. The number of aromatic carboxylic acids is 1. The Morgan fingerprint density at radius 1 is 1.24 bits per heavy atom. The van der Waals surface area contributed by atoms with Crippen molar-refractivity contribution in [2.75, 3.05) is 6.54 Å². The summed E-state index contributed by atoms with van der Waals surface area (Å²) in [6.07, 6.45) is 1.85. The highest BCUT2D eigenvalue weighted by Gasteiger charge is 2.30. The normalized spacial score (nSPS) is 15.3. The molecule has 1 N–H and O–H groups in total. The van der Waals surface area contributed by atoms with Crippen LogP contribution >= 0.6 is 69.2 Å². The van der Waals surface area contributed by atoms with Gasteiger partial charge in [-0.1, -0.05) is 36.1 Å². The van der Waals surface area contributed by atoms with Crippen LogP contribution in [0.2, 0.25) is 0 Å². The van der Waals surface area contributed by atoms with E-state index >= 15 is 0 Å². The molecule has 9 heteroatoms. The molecule has 3 rings (SSSR count). The Morgan fingerprint density at radius 3 is 2.38 bits per heavy atom. The van der Waals surface area contributed by atoms with E-state index in [1.807, 2.05) is 25.1 Å². The van der Waals surface area contributed by atoms with Crippen LogP contribution in [-0.2, 0) is 11.4 Å². The number of amides is 1. The summed E-state index contributed by atoms with van der Waals surface area (Å²) in [4.78, 5) is 25.6. The van der Waals surface area contributed by atoms with Gasteiger partial charge in [0, 0.05) is 6.54 Å². The van der Waals surface area contributed by atoms with Gasteiger partial charge in [-0.05, 0) is 93.6 Å². The number of ether oxygens (including phenoxy) is 1. The predicted molar refractivity (Wildman–Crippen MR) is 135 cm³/mol. The minimum Gasteiger partial charge on any atom is -0.487 e. The summed E-state index contributed by atoms with van der Waals surface area (Å²) in [7, 11) is 0. The summed E-state index contributed by atoms with van der Waals surface area (Å²) in [5, 5.41) is 8.97. The molecule has 150 valence electrons. The molecule has 2 aromatic rings. The van der Waals surface area contributed by atoms with Crippen LogP contribution in [0.3, 0.4) is 0 Å². The fourth-order valence-corrected chi connectivity index (χ4v) is 6.14. The second kappa shape index (κ2) is 9.75. The standard InChI is InChI=1S/C20H15I2NO4S2/c1-2-23-18(24)16(29-20(23)28)9-12-7-14(21)17(15(22)8-12)27-10-11-3-5-13(6-4-11)19(25)26/h3-9H,2,10H2,1H3,(H,25,26)/b16-9-. The van der Waals surface area contributed by atoms with E-state index in [0.29, 0.717) is 22.4 Å². The number of likely N-dealkylation sites (N-methyl/N-ethyl adjacent to an activating group) is 1. The van der Waals surface area contributed by atoms with Gasteiger partial charge in [0.2, 0.25) is 0 Å². The van der Waals surface area contributed by atoms with E-state index in [0.717, 1.165) is 24.0 Å². The smallest absolute Gasteiger partial charge is 0.335 e. The van der Waals surface area contributed by atoms with Crippen LogP contribution in [0.4, 0.5) is 0 Å². The maximum Gasteiger partial charge on any atom is 0.335 e. The van der Waals surface area contributed by atoms with E-state index in [2.05, 4.69) is 45.2 Å². The van der Waals surface area contributed by atoms with Gasteiger partial charge in [0.15, 0.2) is 0 Å². The Kier molecular flexibility index (Phi) is 7.57. The van der Waals surface area contributed by atoms with Gasteiger partial charge in [-0.25, -0.2) is 4.79 Å². The molecule has 1 saturated heterocycles. The highest BCUT2D eigenvalue weighted by molar-refractivity contribution is 14.1. The van der Waals surface area contributed by atoms with Crippen LogP contribution in [0.25, 0.3) is 6.08 Å². The first-order valence-electron chi connectivity index (χ1n) is 8.49. The molecule has 1 amide bonds. The van der Waals surface area contributed by atoms with E-state index in [1.54, 1.807) is 29.2 Å². The fourth-order valence-electron chi connectivity index (χ4n) is 2.62. The maximum atomic E-state index is 12.4. The quantitative estimate of drug-likeness (QED) is 0.257. The summed E-state index contributed by atoms with van der Waals surface area (Å²) in [6, 6.07) is 10.5. The van der Waals surface area contributed by atoms with Gasteiger partial charge in [-0.2, -0.15) is 0 Å². The minimum absolute atomic E-state index is 0.0577. The number of carboxylic acids is 1. The fraction of sp³-hybridized carbons (Fsp3) is 0.150. The third-order valence-electron chi connectivity index (χ3n) is 4.09. The topological polar surface area (TPSA) is 66.8 Å². The average molecular weight is 651 g/mol. The first-order chi connectivity index (χ1) is 13.8. The zero-order valence-electron chi connectivity index (χ0n) is 15.1. The molecule has 1 aliphatic heterocycles. The minimum atomic E-state index is -0.951. The van der Waals surface area contributed by atoms with Crippen molar-refractivity contribution >= 4 is 91.4 Å². The van der Waals surface area contributed by atoms with Crippen LogP contribution in [-0.4, -0.2) is 32.7 Å². The molecular formula is C20H15I2NO4S2. The van der Waals surface area contributed by atoms with E-state index in [4.69, 9.17) is 22.1 Å². The Morgan fingerprint density at radius 2 is 1.86 bits per heavy atom. The zero-order chi connectivity index (χ0) is 21.1. The molecule has 2 aromatic carbocycles.